The Morgan fingerprint density at radius 3 is 3.03 bits per heavy atom. The van der Waals surface area contributed by atoms with E-state index in [9.17, 15) is 4.79 Å². The second kappa shape index (κ2) is 6.41. The van der Waals surface area contributed by atoms with Gasteiger partial charge in [0.1, 0.15) is 5.76 Å². The van der Waals surface area contributed by atoms with Gasteiger partial charge in [0.25, 0.3) is 5.56 Å². The van der Waals surface area contributed by atoms with E-state index in [1.165, 1.54) is 5.69 Å². The summed E-state index contributed by atoms with van der Waals surface area (Å²) in [5.41, 5.74) is 6.32. The fourth-order valence-electron chi connectivity index (χ4n) is 4.33. The Labute approximate surface area is 175 Å². The zero-order chi connectivity index (χ0) is 20.4. The van der Waals surface area contributed by atoms with Crippen molar-refractivity contribution in [3.8, 4) is 11.3 Å². The van der Waals surface area contributed by atoms with Gasteiger partial charge < -0.3 is 4.42 Å². The number of H-pyrrole nitrogens is 1. The molecule has 0 radical (unpaired) electrons. The number of furan rings is 1. The van der Waals surface area contributed by atoms with E-state index in [1.54, 1.807) is 22.1 Å². The molecule has 5 aromatic rings. The van der Waals surface area contributed by atoms with Crippen LogP contribution in [-0.4, -0.2) is 35.4 Å². The van der Waals surface area contributed by atoms with Crippen molar-refractivity contribution in [1.82, 2.24) is 28.9 Å². The number of aryl methyl sites for hydroxylation is 2. The first-order valence-corrected chi connectivity index (χ1v) is 10.8. The van der Waals surface area contributed by atoms with Gasteiger partial charge in [-0.2, -0.15) is 0 Å². The molecule has 1 aliphatic heterocycles. The van der Waals surface area contributed by atoms with Crippen molar-refractivity contribution < 1.29 is 4.42 Å². The molecule has 0 unspecified atom stereocenters. The largest absolute Gasteiger partial charge is 0.469 e. The molecule has 0 saturated heterocycles. The Hall–Kier alpha value is -3.17. The molecule has 0 atom stereocenters. The molecule has 0 aliphatic carbocycles. The van der Waals surface area contributed by atoms with Crippen molar-refractivity contribution in [3.05, 3.63) is 68.7 Å². The number of aromatic amines is 1. The maximum Gasteiger partial charge on any atom is 0.276 e. The molecule has 6 rings (SSSR count). The standard InChI is InChI=1S/C21H20N6O2S/c1-12-18(26-6-8-30-21(26)22-12)11-25-5-3-15-17(10-25)23-19-9-16(24-27(19)20(15)28)14-4-7-29-13(14)2/h4,6-9,24H,3,5,10-11H2,1-2H3. The molecule has 1 aliphatic rings. The van der Waals surface area contributed by atoms with Crippen LogP contribution in [0.1, 0.15) is 28.4 Å². The summed E-state index contributed by atoms with van der Waals surface area (Å²) in [5.74, 6) is 0.807. The fraction of sp³-hybridized carbons (Fsp3) is 0.286. The zero-order valence-corrected chi connectivity index (χ0v) is 17.5. The molecule has 1 N–H and O–H groups in total. The van der Waals surface area contributed by atoms with Crippen LogP contribution in [-0.2, 0) is 19.5 Å². The predicted molar refractivity (Wildman–Crippen MR) is 114 cm³/mol. The maximum atomic E-state index is 13.1. The van der Waals surface area contributed by atoms with Gasteiger partial charge in [-0.05, 0) is 26.3 Å². The van der Waals surface area contributed by atoms with Crippen molar-refractivity contribution in [3.63, 3.8) is 0 Å². The molecule has 9 heteroatoms. The topological polar surface area (TPSA) is 83.8 Å². The van der Waals surface area contributed by atoms with Crippen molar-refractivity contribution in [2.24, 2.45) is 0 Å². The first-order valence-electron chi connectivity index (χ1n) is 9.90. The number of hydrogen-bond acceptors (Lipinski definition) is 6. The van der Waals surface area contributed by atoms with Crippen LogP contribution in [0, 0.1) is 13.8 Å². The lowest BCUT2D eigenvalue weighted by molar-refractivity contribution is 0.237. The van der Waals surface area contributed by atoms with Crippen molar-refractivity contribution in [1.29, 1.82) is 0 Å². The highest BCUT2D eigenvalue weighted by atomic mass is 32.1. The molecule has 0 saturated carbocycles. The lowest BCUT2D eigenvalue weighted by Gasteiger charge is -2.27. The minimum absolute atomic E-state index is 0.0113. The summed E-state index contributed by atoms with van der Waals surface area (Å²) in [6.07, 6.45) is 4.41. The normalized spacial score (nSPS) is 14.7. The van der Waals surface area contributed by atoms with Gasteiger partial charge in [-0.1, -0.05) is 0 Å². The van der Waals surface area contributed by atoms with Crippen LogP contribution < -0.4 is 5.56 Å². The van der Waals surface area contributed by atoms with Gasteiger partial charge in [-0.3, -0.25) is 19.2 Å². The van der Waals surface area contributed by atoms with Gasteiger partial charge in [-0.15, -0.1) is 11.3 Å². The number of hydrogen-bond donors (Lipinski definition) is 1. The third-order valence-electron chi connectivity index (χ3n) is 5.93. The van der Waals surface area contributed by atoms with Gasteiger partial charge in [0.15, 0.2) is 10.6 Å². The first kappa shape index (κ1) is 17.7. The molecule has 8 nitrogen and oxygen atoms in total. The fourth-order valence-corrected chi connectivity index (χ4v) is 5.11. The first-order chi connectivity index (χ1) is 14.6. The Balaban J connectivity index is 1.36. The van der Waals surface area contributed by atoms with Gasteiger partial charge in [0, 0.05) is 48.4 Å². The summed E-state index contributed by atoms with van der Waals surface area (Å²) in [6, 6.07) is 3.81. The van der Waals surface area contributed by atoms with Crippen LogP contribution in [0.15, 0.2) is 39.2 Å². The number of fused-ring (bicyclic) bond motifs is 3. The second-order valence-electron chi connectivity index (χ2n) is 7.76. The van der Waals surface area contributed by atoms with E-state index in [2.05, 4.69) is 37.9 Å². The smallest absolute Gasteiger partial charge is 0.276 e. The molecule has 30 heavy (non-hydrogen) atoms. The van der Waals surface area contributed by atoms with E-state index in [-0.39, 0.29) is 5.56 Å². The lowest BCUT2D eigenvalue weighted by atomic mass is 10.1. The van der Waals surface area contributed by atoms with Crippen LogP contribution in [0.25, 0.3) is 21.9 Å². The van der Waals surface area contributed by atoms with Gasteiger partial charge in [0.05, 0.1) is 29.0 Å². The van der Waals surface area contributed by atoms with Gasteiger partial charge >= 0.3 is 0 Å². The van der Waals surface area contributed by atoms with Crippen LogP contribution in [0.4, 0.5) is 0 Å². The quantitative estimate of drug-likeness (QED) is 0.485. The average Bonchev–Trinajstić information content (AvgIpc) is 3.48. The number of nitrogens with one attached hydrogen (secondary N) is 1. The third-order valence-corrected chi connectivity index (χ3v) is 6.69. The van der Waals surface area contributed by atoms with E-state index < -0.39 is 0 Å². The van der Waals surface area contributed by atoms with E-state index in [0.717, 1.165) is 52.0 Å². The number of aromatic nitrogens is 5. The summed E-state index contributed by atoms with van der Waals surface area (Å²) < 4.78 is 9.11. The van der Waals surface area contributed by atoms with Crippen LogP contribution in [0.5, 0.6) is 0 Å². The monoisotopic (exact) mass is 420 g/mol. The van der Waals surface area contributed by atoms with Gasteiger partial charge in [-0.25, -0.2) is 14.5 Å². The summed E-state index contributed by atoms with van der Waals surface area (Å²) >= 11 is 1.65. The molecule has 152 valence electrons. The molecule has 0 aromatic carbocycles. The van der Waals surface area contributed by atoms with E-state index in [1.807, 2.05) is 19.1 Å². The highest BCUT2D eigenvalue weighted by molar-refractivity contribution is 7.15. The Morgan fingerprint density at radius 2 is 2.20 bits per heavy atom. The SMILES string of the molecule is Cc1nc2sccn2c1CN1CCc2c(nc3cc(-c4ccoc4C)[nH]n3c2=O)C1. The van der Waals surface area contributed by atoms with Gasteiger partial charge in [0.2, 0.25) is 0 Å². The van der Waals surface area contributed by atoms with Crippen LogP contribution in [0.2, 0.25) is 0 Å². The van der Waals surface area contributed by atoms with E-state index >= 15 is 0 Å². The molecule has 6 heterocycles. The molecule has 0 amide bonds. The Morgan fingerprint density at radius 1 is 1.30 bits per heavy atom. The summed E-state index contributed by atoms with van der Waals surface area (Å²) in [7, 11) is 0. The average molecular weight is 420 g/mol. The van der Waals surface area contributed by atoms with Crippen LogP contribution in [0.3, 0.4) is 0 Å². The molecule has 0 bridgehead atoms. The highest BCUT2D eigenvalue weighted by Crippen LogP contribution is 2.25. The number of imidazole rings is 1. The Kier molecular flexibility index (Phi) is 3.78. The molecule has 5 aromatic heterocycles. The molecular weight excluding hydrogens is 400 g/mol. The number of rotatable bonds is 3. The zero-order valence-electron chi connectivity index (χ0n) is 16.7. The Bertz CT molecular complexity index is 1470. The predicted octanol–water partition coefficient (Wildman–Crippen LogP) is 3.17. The number of nitrogens with zero attached hydrogens (tertiary/aromatic N) is 5. The molecular formula is C21H20N6O2S. The van der Waals surface area contributed by atoms with E-state index in [4.69, 9.17) is 9.40 Å². The minimum Gasteiger partial charge on any atom is -0.469 e. The van der Waals surface area contributed by atoms with Crippen molar-refractivity contribution >= 4 is 21.9 Å². The molecule has 0 spiro atoms. The lowest BCUT2D eigenvalue weighted by Crippen LogP contribution is -2.36. The van der Waals surface area contributed by atoms with Crippen LogP contribution >= 0.6 is 11.3 Å². The number of thiazole rings is 1. The maximum absolute atomic E-state index is 13.1. The summed E-state index contributed by atoms with van der Waals surface area (Å²) in [4.78, 5) is 25.9. The molecule has 0 fully saturated rings. The highest BCUT2D eigenvalue weighted by Gasteiger charge is 2.24. The van der Waals surface area contributed by atoms with Crippen molar-refractivity contribution in [2.45, 2.75) is 33.4 Å². The summed E-state index contributed by atoms with van der Waals surface area (Å²) in [5, 5.41) is 5.24. The van der Waals surface area contributed by atoms with E-state index in [0.29, 0.717) is 18.6 Å². The summed E-state index contributed by atoms with van der Waals surface area (Å²) in [6.45, 7) is 6.23. The third kappa shape index (κ3) is 2.59. The second-order valence-corrected chi connectivity index (χ2v) is 8.63. The minimum atomic E-state index is -0.0113. The van der Waals surface area contributed by atoms with Crippen molar-refractivity contribution in [2.75, 3.05) is 6.54 Å².